The fourth-order valence-electron chi connectivity index (χ4n) is 2.88. The van der Waals surface area contributed by atoms with Crippen molar-refractivity contribution in [1.82, 2.24) is 10.2 Å². The molecule has 140 valence electrons. The molecule has 0 saturated heterocycles. The zero-order valence-electron chi connectivity index (χ0n) is 15.7. The number of benzene rings is 2. The van der Waals surface area contributed by atoms with Gasteiger partial charge in [-0.3, -0.25) is 9.69 Å². The number of amides is 1. The molecule has 0 aliphatic heterocycles. The number of nitrogens with zero attached hydrogens (tertiary/aromatic N) is 1. The van der Waals surface area contributed by atoms with E-state index in [-0.39, 0.29) is 11.9 Å². The molecular weight excluding hydrogens is 348 g/mol. The molecule has 2 aromatic rings. The van der Waals surface area contributed by atoms with Crippen LogP contribution in [0, 0.1) is 0 Å². The summed E-state index contributed by atoms with van der Waals surface area (Å²) in [5, 5.41) is 3.73. The highest BCUT2D eigenvalue weighted by atomic mass is 35.5. The van der Waals surface area contributed by atoms with E-state index in [1.54, 1.807) is 13.2 Å². The standard InChI is InChI=1S/C21H27ClN2O2/c1-16(9-10-17-7-5-4-6-8-17)23-21(25)15-24(2)14-18-13-19(22)11-12-20(18)26-3/h4-8,11-13,16H,9-10,14-15H2,1-3H3,(H,23,25)/t16-/m1/s1. The molecule has 2 aromatic carbocycles. The average molecular weight is 375 g/mol. The van der Waals surface area contributed by atoms with E-state index in [1.807, 2.05) is 49.2 Å². The summed E-state index contributed by atoms with van der Waals surface area (Å²) in [6.45, 7) is 2.96. The van der Waals surface area contributed by atoms with Crippen molar-refractivity contribution in [2.24, 2.45) is 0 Å². The van der Waals surface area contributed by atoms with Crippen molar-refractivity contribution in [2.45, 2.75) is 32.4 Å². The largest absolute Gasteiger partial charge is 0.496 e. The fraction of sp³-hybridized carbons (Fsp3) is 0.381. The van der Waals surface area contributed by atoms with Gasteiger partial charge in [0.15, 0.2) is 0 Å². The average Bonchev–Trinajstić information content (AvgIpc) is 2.61. The van der Waals surface area contributed by atoms with Gasteiger partial charge in [-0.15, -0.1) is 0 Å². The lowest BCUT2D eigenvalue weighted by atomic mass is 10.1. The summed E-state index contributed by atoms with van der Waals surface area (Å²) in [6.07, 6.45) is 1.87. The maximum atomic E-state index is 12.3. The minimum atomic E-state index is 0.0223. The van der Waals surface area contributed by atoms with Crippen LogP contribution in [0.5, 0.6) is 5.75 Å². The van der Waals surface area contributed by atoms with Gasteiger partial charge < -0.3 is 10.1 Å². The van der Waals surface area contributed by atoms with Gasteiger partial charge in [0, 0.05) is 23.2 Å². The lowest BCUT2D eigenvalue weighted by molar-refractivity contribution is -0.122. The first-order valence-electron chi connectivity index (χ1n) is 8.82. The number of ether oxygens (including phenoxy) is 1. The van der Waals surface area contributed by atoms with Gasteiger partial charge in [-0.2, -0.15) is 0 Å². The van der Waals surface area contributed by atoms with Crippen LogP contribution in [0.1, 0.15) is 24.5 Å². The van der Waals surface area contributed by atoms with Crippen molar-refractivity contribution in [3.63, 3.8) is 0 Å². The summed E-state index contributed by atoms with van der Waals surface area (Å²) in [4.78, 5) is 14.2. The number of carbonyl (C=O) groups is 1. The summed E-state index contributed by atoms with van der Waals surface area (Å²) in [5.74, 6) is 0.798. The quantitative estimate of drug-likeness (QED) is 0.723. The Labute approximate surface area is 161 Å². The second-order valence-corrected chi connectivity index (χ2v) is 7.06. The number of halogens is 1. The van der Waals surface area contributed by atoms with Crippen LogP contribution in [0.15, 0.2) is 48.5 Å². The minimum Gasteiger partial charge on any atom is -0.496 e. The van der Waals surface area contributed by atoms with Gasteiger partial charge in [-0.25, -0.2) is 0 Å². The molecule has 2 rings (SSSR count). The van der Waals surface area contributed by atoms with Gasteiger partial charge in [0.05, 0.1) is 13.7 Å². The van der Waals surface area contributed by atoms with E-state index in [0.29, 0.717) is 18.1 Å². The molecule has 0 radical (unpaired) electrons. The number of rotatable bonds is 9. The van der Waals surface area contributed by atoms with Gasteiger partial charge in [0.1, 0.15) is 5.75 Å². The first kappa shape index (κ1) is 20.3. The predicted molar refractivity (Wildman–Crippen MR) is 107 cm³/mol. The SMILES string of the molecule is COc1ccc(Cl)cc1CN(C)CC(=O)N[C@H](C)CCc1ccccc1. The molecule has 0 aliphatic rings. The first-order valence-corrected chi connectivity index (χ1v) is 9.20. The van der Waals surface area contributed by atoms with Crippen LogP contribution >= 0.6 is 11.6 Å². The molecule has 0 spiro atoms. The highest BCUT2D eigenvalue weighted by Gasteiger charge is 2.13. The number of methoxy groups -OCH3 is 1. The van der Waals surface area contributed by atoms with Crippen LogP contribution in [-0.2, 0) is 17.8 Å². The van der Waals surface area contributed by atoms with Crippen LogP contribution in [-0.4, -0.2) is 37.6 Å². The molecule has 1 N–H and O–H groups in total. The molecule has 26 heavy (non-hydrogen) atoms. The molecular formula is C21H27ClN2O2. The van der Waals surface area contributed by atoms with Crippen molar-refractivity contribution in [3.8, 4) is 5.75 Å². The highest BCUT2D eigenvalue weighted by Crippen LogP contribution is 2.23. The van der Waals surface area contributed by atoms with Gasteiger partial charge >= 0.3 is 0 Å². The normalized spacial score (nSPS) is 12.0. The van der Waals surface area contributed by atoms with Crippen LogP contribution in [0.2, 0.25) is 5.02 Å². The summed E-state index contributed by atoms with van der Waals surface area (Å²) < 4.78 is 5.36. The third-order valence-electron chi connectivity index (χ3n) is 4.21. The van der Waals surface area contributed by atoms with E-state index < -0.39 is 0 Å². The van der Waals surface area contributed by atoms with Gasteiger partial charge in [0.2, 0.25) is 5.91 Å². The Morgan fingerprint density at radius 3 is 2.65 bits per heavy atom. The molecule has 5 heteroatoms. The molecule has 0 fully saturated rings. The van der Waals surface area contributed by atoms with E-state index in [9.17, 15) is 4.79 Å². The predicted octanol–water partition coefficient (Wildman–Crippen LogP) is 3.92. The number of hydrogen-bond donors (Lipinski definition) is 1. The third kappa shape index (κ3) is 6.70. The molecule has 0 saturated carbocycles. The van der Waals surface area contributed by atoms with Crippen LogP contribution in [0.3, 0.4) is 0 Å². The van der Waals surface area contributed by atoms with E-state index >= 15 is 0 Å². The Bertz CT molecular complexity index is 706. The monoisotopic (exact) mass is 374 g/mol. The topological polar surface area (TPSA) is 41.6 Å². The van der Waals surface area contributed by atoms with Gasteiger partial charge in [0.25, 0.3) is 0 Å². The lowest BCUT2D eigenvalue weighted by Gasteiger charge is -2.20. The molecule has 0 heterocycles. The van der Waals surface area contributed by atoms with Crippen LogP contribution in [0.25, 0.3) is 0 Å². The summed E-state index contributed by atoms with van der Waals surface area (Å²) in [6, 6.07) is 16.0. The second-order valence-electron chi connectivity index (χ2n) is 6.62. The third-order valence-corrected chi connectivity index (χ3v) is 4.45. The molecule has 4 nitrogen and oxygen atoms in total. The highest BCUT2D eigenvalue weighted by molar-refractivity contribution is 6.30. The zero-order chi connectivity index (χ0) is 18.9. The van der Waals surface area contributed by atoms with Crippen molar-refractivity contribution < 1.29 is 9.53 Å². The maximum absolute atomic E-state index is 12.3. The first-order chi connectivity index (χ1) is 12.5. The molecule has 0 bridgehead atoms. The van der Waals surface area contributed by atoms with Crippen LogP contribution in [0.4, 0.5) is 0 Å². The van der Waals surface area contributed by atoms with E-state index in [1.165, 1.54) is 5.56 Å². The lowest BCUT2D eigenvalue weighted by Crippen LogP contribution is -2.39. The number of aryl methyl sites for hydroxylation is 1. The molecule has 0 aromatic heterocycles. The molecule has 0 aliphatic carbocycles. The van der Waals surface area contributed by atoms with E-state index in [0.717, 1.165) is 24.2 Å². The van der Waals surface area contributed by atoms with Gasteiger partial charge in [-0.05, 0) is 50.6 Å². The zero-order valence-corrected chi connectivity index (χ0v) is 16.4. The van der Waals surface area contributed by atoms with E-state index in [2.05, 4.69) is 17.4 Å². The Kier molecular flexibility index (Phi) is 7.95. The number of likely N-dealkylation sites (N-methyl/N-ethyl adjacent to an activating group) is 1. The fourth-order valence-corrected chi connectivity index (χ4v) is 3.08. The number of carbonyl (C=O) groups excluding carboxylic acids is 1. The smallest absolute Gasteiger partial charge is 0.234 e. The van der Waals surface area contributed by atoms with Crippen LogP contribution < -0.4 is 10.1 Å². The number of hydrogen-bond acceptors (Lipinski definition) is 3. The second kappa shape index (κ2) is 10.2. The summed E-state index contributed by atoms with van der Waals surface area (Å²) >= 11 is 6.06. The van der Waals surface area contributed by atoms with Crippen molar-refractivity contribution in [3.05, 3.63) is 64.7 Å². The van der Waals surface area contributed by atoms with E-state index in [4.69, 9.17) is 16.3 Å². The number of nitrogens with one attached hydrogen (secondary N) is 1. The Morgan fingerprint density at radius 2 is 1.96 bits per heavy atom. The van der Waals surface area contributed by atoms with Crippen molar-refractivity contribution >= 4 is 17.5 Å². The molecule has 1 atom stereocenters. The Hall–Kier alpha value is -2.04. The van der Waals surface area contributed by atoms with Gasteiger partial charge in [-0.1, -0.05) is 41.9 Å². The molecule has 0 unspecified atom stereocenters. The van der Waals surface area contributed by atoms with Crippen molar-refractivity contribution in [1.29, 1.82) is 0 Å². The Morgan fingerprint density at radius 1 is 1.23 bits per heavy atom. The summed E-state index contributed by atoms with van der Waals surface area (Å²) in [7, 11) is 3.54. The Balaban J connectivity index is 1.78. The minimum absolute atomic E-state index is 0.0223. The molecule has 1 amide bonds. The van der Waals surface area contributed by atoms with Crippen molar-refractivity contribution in [2.75, 3.05) is 20.7 Å². The maximum Gasteiger partial charge on any atom is 0.234 e. The summed E-state index contributed by atoms with van der Waals surface area (Å²) in [5.41, 5.74) is 2.26.